The van der Waals surface area contributed by atoms with Gasteiger partial charge in [0.1, 0.15) is 23.0 Å². The maximum Gasteiger partial charge on any atom is 0.154 e. The number of hydrogen-bond acceptors (Lipinski definition) is 3. The third kappa shape index (κ3) is 5.40. The zero-order chi connectivity index (χ0) is 23.4. The lowest BCUT2D eigenvalue weighted by molar-refractivity contribution is 0.545. The first kappa shape index (κ1) is 23.2. The van der Waals surface area contributed by atoms with Crippen molar-refractivity contribution >= 4 is 22.8 Å². The summed E-state index contributed by atoms with van der Waals surface area (Å²) in [6, 6.07) is 7.07. The Morgan fingerprint density at radius 3 is 1.56 bits per heavy atom. The summed E-state index contributed by atoms with van der Waals surface area (Å²) in [7, 11) is 0. The van der Waals surface area contributed by atoms with Crippen LogP contribution in [-0.2, 0) is 6.42 Å². The van der Waals surface area contributed by atoms with E-state index in [0.717, 1.165) is 0 Å². The lowest BCUT2D eigenvalue weighted by Gasteiger charge is -2.17. The molecule has 3 aromatic rings. The highest BCUT2D eigenvalue weighted by molar-refractivity contribution is 6.07. The molecule has 0 N–H and O–H groups in total. The van der Waals surface area contributed by atoms with Crippen molar-refractivity contribution in [2.45, 2.75) is 20.3 Å². The van der Waals surface area contributed by atoms with E-state index in [4.69, 9.17) is 0 Å². The molecule has 32 heavy (non-hydrogen) atoms. The van der Waals surface area contributed by atoms with E-state index in [1.807, 2.05) is 0 Å². The van der Waals surface area contributed by atoms with Crippen molar-refractivity contribution in [3.63, 3.8) is 0 Å². The summed E-state index contributed by atoms with van der Waals surface area (Å²) < 4.78 is 82.8. The highest BCUT2D eigenvalue weighted by Gasteiger charge is 2.21. The summed E-state index contributed by atoms with van der Waals surface area (Å²) in [5.41, 5.74) is -0.570. The number of rotatable bonds is 6. The SMILES string of the molecule is CC(=Nc1c(F)cc(F)cc1F)C(Cc1ccccn1)C(C)=Nc1c(F)cc(F)cc1F. The fourth-order valence-corrected chi connectivity index (χ4v) is 3.12. The predicted octanol–water partition coefficient (Wildman–Crippen LogP) is 6.66. The molecule has 0 aliphatic carbocycles. The van der Waals surface area contributed by atoms with Gasteiger partial charge in [0, 0.05) is 59.9 Å². The van der Waals surface area contributed by atoms with E-state index in [1.165, 1.54) is 20.0 Å². The zero-order valence-electron chi connectivity index (χ0n) is 17.0. The van der Waals surface area contributed by atoms with Crippen LogP contribution in [0.5, 0.6) is 0 Å². The molecule has 3 rings (SSSR count). The Labute approximate surface area is 180 Å². The normalized spacial score (nSPS) is 13.4. The molecule has 0 saturated heterocycles. The minimum Gasteiger partial charge on any atom is -0.261 e. The van der Waals surface area contributed by atoms with Crippen LogP contribution in [0.2, 0.25) is 0 Å². The average molecular weight is 449 g/mol. The van der Waals surface area contributed by atoms with Gasteiger partial charge in [-0.25, -0.2) is 26.3 Å². The van der Waals surface area contributed by atoms with Gasteiger partial charge in [-0.3, -0.25) is 15.0 Å². The zero-order valence-corrected chi connectivity index (χ0v) is 17.0. The third-order valence-electron chi connectivity index (χ3n) is 4.69. The number of halogens is 6. The number of benzene rings is 2. The Bertz CT molecular complexity index is 1070. The molecule has 2 aromatic carbocycles. The number of aromatic nitrogens is 1. The van der Waals surface area contributed by atoms with Crippen LogP contribution in [0, 0.1) is 40.8 Å². The lowest BCUT2D eigenvalue weighted by Crippen LogP contribution is -2.23. The van der Waals surface area contributed by atoms with E-state index < -0.39 is 52.2 Å². The summed E-state index contributed by atoms with van der Waals surface area (Å²) in [5.74, 6) is -7.79. The molecule has 1 heterocycles. The van der Waals surface area contributed by atoms with E-state index in [9.17, 15) is 26.3 Å². The molecular formula is C23H17F6N3. The largest absolute Gasteiger partial charge is 0.261 e. The van der Waals surface area contributed by atoms with Crippen LogP contribution in [0.1, 0.15) is 19.5 Å². The monoisotopic (exact) mass is 449 g/mol. The van der Waals surface area contributed by atoms with Gasteiger partial charge in [0.05, 0.1) is 0 Å². The first-order chi connectivity index (χ1) is 15.2. The van der Waals surface area contributed by atoms with Crippen molar-refractivity contribution in [1.29, 1.82) is 0 Å². The van der Waals surface area contributed by atoms with Crippen LogP contribution in [0.3, 0.4) is 0 Å². The topological polar surface area (TPSA) is 37.6 Å². The minimum absolute atomic E-state index is 0.139. The summed E-state index contributed by atoms with van der Waals surface area (Å²) in [4.78, 5) is 12.1. The summed E-state index contributed by atoms with van der Waals surface area (Å²) in [6.45, 7) is 2.90. The number of aliphatic imine (C=N–C) groups is 2. The second kappa shape index (κ2) is 9.76. The van der Waals surface area contributed by atoms with Crippen LogP contribution in [0.4, 0.5) is 37.7 Å². The molecule has 0 aliphatic heterocycles. The average Bonchev–Trinajstić information content (AvgIpc) is 2.72. The maximum absolute atomic E-state index is 14.1. The lowest BCUT2D eigenvalue weighted by atomic mass is 9.93. The van der Waals surface area contributed by atoms with Gasteiger partial charge in [0.15, 0.2) is 23.3 Å². The molecule has 0 amide bonds. The molecule has 3 nitrogen and oxygen atoms in total. The molecule has 0 bridgehead atoms. The van der Waals surface area contributed by atoms with E-state index in [-0.39, 0.29) is 17.8 Å². The van der Waals surface area contributed by atoms with E-state index in [0.29, 0.717) is 30.0 Å². The molecule has 1 aromatic heterocycles. The third-order valence-corrected chi connectivity index (χ3v) is 4.69. The van der Waals surface area contributed by atoms with E-state index >= 15 is 0 Å². The molecule has 9 heteroatoms. The van der Waals surface area contributed by atoms with Crippen molar-refractivity contribution in [2.24, 2.45) is 15.9 Å². The van der Waals surface area contributed by atoms with Crippen molar-refractivity contribution in [3.05, 3.63) is 89.3 Å². The summed E-state index contributed by atoms with van der Waals surface area (Å²) in [5, 5.41) is 0. The van der Waals surface area contributed by atoms with Crippen molar-refractivity contribution < 1.29 is 26.3 Å². The second-order valence-electron chi connectivity index (χ2n) is 7.02. The molecule has 0 radical (unpaired) electrons. The smallest absolute Gasteiger partial charge is 0.154 e. The molecular weight excluding hydrogens is 432 g/mol. The van der Waals surface area contributed by atoms with Crippen LogP contribution < -0.4 is 0 Å². The molecule has 166 valence electrons. The number of hydrogen-bond donors (Lipinski definition) is 0. The van der Waals surface area contributed by atoms with Crippen LogP contribution in [0.15, 0.2) is 58.6 Å². The highest BCUT2D eigenvalue weighted by atomic mass is 19.2. The number of pyridine rings is 1. The standard InChI is InChI=1S/C23H17F6N3/c1-12(31-22-18(26)7-14(24)8-19(22)27)17(11-16-5-3-4-6-30-16)13(2)32-23-20(28)9-15(25)10-21(23)29/h3-10,17H,11H2,1-2H3. The Hall–Kier alpha value is -3.49. The molecule has 0 spiro atoms. The van der Waals surface area contributed by atoms with Crippen molar-refractivity contribution in [2.75, 3.05) is 0 Å². The second-order valence-corrected chi connectivity index (χ2v) is 7.02. The van der Waals surface area contributed by atoms with Crippen LogP contribution in [-0.4, -0.2) is 16.4 Å². The predicted molar refractivity (Wildman–Crippen MR) is 110 cm³/mol. The van der Waals surface area contributed by atoms with Gasteiger partial charge >= 0.3 is 0 Å². The highest BCUT2D eigenvalue weighted by Crippen LogP contribution is 2.28. The maximum atomic E-state index is 14.1. The molecule has 0 unspecified atom stereocenters. The molecule has 0 fully saturated rings. The van der Waals surface area contributed by atoms with Crippen LogP contribution >= 0.6 is 0 Å². The molecule has 0 aliphatic rings. The number of nitrogens with zero attached hydrogens (tertiary/aromatic N) is 3. The first-order valence-corrected chi connectivity index (χ1v) is 9.45. The van der Waals surface area contributed by atoms with Crippen molar-refractivity contribution in [1.82, 2.24) is 4.98 Å². The Morgan fingerprint density at radius 2 is 1.19 bits per heavy atom. The Morgan fingerprint density at radius 1 is 0.750 bits per heavy atom. The molecule has 0 saturated carbocycles. The van der Waals surface area contributed by atoms with Gasteiger partial charge in [0.2, 0.25) is 0 Å². The summed E-state index contributed by atoms with van der Waals surface area (Å²) in [6.07, 6.45) is 1.67. The Balaban J connectivity index is 2.08. The fraction of sp³-hybridized carbons (Fsp3) is 0.174. The first-order valence-electron chi connectivity index (χ1n) is 9.45. The van der Waals surface area contributed by atoms with Gasteiger partial charge in [-0.2, -0.15) is 0 Å². The van der Waals surface area contributed by atoms with Gasteiger partial charge in [-0.15, -0.1) is 0 Å². The molecule has 0 atom stereocenters. The van der Waals surface area contributed by atoms with Crippen LogP contribution in [0.25, 0.3) is 0 Å². The minimum atomic E-state index is -1.20. The van der Waals surface area contributed by atoms with Gasteiger partial charge < -0.3 is 0 Å². The van der Waals surface area contributed by atoms with E-state index in [2.05, 4.69) is 15.0 Å². The van der Waals surface area contributed by atoms with Gasteiger partial charge in [-0.05, 0) is 26.0 Å². The van der Waals surface area contributed by atoms with Crippen molar-refractivity contribution in [3.8, 4) is 0 Å². The van der Waals surface area contributed by atoms with Gasteiger partial charge in [0.25, 0.3) is 0 Å². The quantitative estimate of drug-likeness (QED) is 0.306. The summed E-state index contributed by atoms with van der Waals surface area (Å²) >= 11 is 0. The Kier molecular flexibility index (Phi) is 7.07. The van der Waals surface area contributed by atoms with Gasteiger partial charge in [-0.1, -0.05) is 6.07 Å². The fourth-order valence-electron chi connectivity index (χ4n) is 3.12. The van der Waals surface area contributed by atoms with E-state index in [1.54, 1.807) is 18.2 Å².